The van der Waals surface area contributed by atoms with Crippen molar-refractivity contribution in [2.24, 2.45) is 11.8 Å². The van der Waals surface area contributed by atoms with Gasteiger partial charge in [-0.1, -0.05) is 26.2 Å². The van der Waals surface area contributed by atoms with Gasteiger partial charge in [0.15, 0.2) is 0 Å². The van der Waals surface area contributed by atoms with Gasteiger partial charge in [0.05, 0.1) is 0 Å². The van der Waals surface area contributed by atoms with Crippen LogP contribution in [0, 0.1) is 11.8 Å². The fourth-order valence-electron chi connectivity index (χ4n) is 3.94. The lowest BCUT2D eigenvalue weighted by Crippen LogP contribution is -2.52. The molecule has 0 spiro atoms. The molecule has 0 bridgehead atoms. The summed E-state index contributed by atoms with van der Waals surface area (Å²) in [5, 5.41) is 3.84. The van der Waals surface area contributed by atoms with Crippen LogP contribution in [0.15, 0.2) is 0 Å². The molecule has 2 aliphatic carbocycles. The topological polar surface area (TPSA) is 15.3 Å². The summed E-state index contributed by atoms with van der Waals surface area (Å²) in [6.45, 7) is 6.41. The average molecular weight is 250 g/mol. The van der Waals surface area contributed by atoms with Crippen molar-refractivity contribution in [3.8, 4) is 0 Å². The van der Waals surface area contributed by atoms with Crippen molar-refractivity contribution in [3.63, 3.8) is 0 Å². The number of rotatable bonds is 4. The Balaban J connectivity index is 1.49. The van der Waals surface area contributed by atoms with Crippen LogP contribution in [-0.2, 0) is 0 Å². The minimum absolute atomic E-state index is 0.774. The molecule has 3 rings (SSSR count). The van der Waals surface area contributed by atoms with Crippen molar-refractivity contribution in [1.82, 2.24) is 10.2 Å². The van der Waals surface area contributed by atoms with Crippen LogP contribution in [0.5, 0.6) is 0 Å². The number of likely N-dealkylation sites (tertiary alicyclic amines) is 1. The van der Waals surface area contributed by atoms with E-state index < -0.39 is 0 Å². The molecule has 2 nitrogen and oxygen atoms in total. The van der Waals surface area contributed by atoms with E-state index in [1.165, 1.54) is 71.0 Å². The smallest absolute Gasteiger partial charge is 0.0198 e. The predicted octanol–water partition coefficient (Wildman–Crippen LogP) is 3.03. The van der Waals surface area contributed by atoms with Gasteiger partial charge in [-0.3, -0.25) is 4.90 Å². The van der Waals surface area contributed by atoms with Gasteiger partial charge in [0.25, 0.3) is 0 Å². The molecule has 2 atom stereocenters. The zero-order valence-electron chi connectivity index (χ0n) is 12.0. The highest BCUT2D eigenvalue weighted by atomic mass is 15.2. The molecule has 3 aliphatic rings. The molecule has 2 saturated carbocycles. The number of hydrogen-bond acceptors (Lipinski definition) is 2. The Kier molecular flexibility index (Phi) is 4.25. The first-order valence-electron chi connectivity index (χ1n) is 8.28. The van der Waals surface area contributed by atoms with Crippen LogP contribution in [0.1, 0.15) is 58.3 Å². The molecule has 0 radical (unpaired) electrons. The van der Waals surface area contributed by atoms with Crippen LogP contribution in [0.3, 0.4) is 0 Å². The molecule has 1 aliphatic heterocycles. The minimum atomic E-state index is 0.774. The second kappa shape index (κ2) is 5.92. The van der Waals surface area contributed by atoms with E-state index in [-0.39, 0.29) is 0 Å². The first kappa shape index (κ1) is 12.9. The Morgan fingerprint density at radius 1 is 1.00 bits per heavy atom. The molecule has 0 amide bonds. The number of nitrogens with zero attached hydrogens (tertiary/aromatic N) is 1. The van der Waals surface area contributed by atoms with E-state index in [2.05, 4.69) is 17.1 Å². The zero-order valence-corrected chi connectivity index (χ0v) is 12.0. The second-order valence-corrected chi connectivity index (χ2v) is 7.14. The summed E-state index contributed by atoms with van der Waals surface area (Å²) in [5.74, 6) is 1.91. The standard InChI is InChI=1S/C16H30N2/c1-13-9-15(17-10-14-7-8-14)12-18(11-13)16-5-3-2-4-6-16/h13-17H,2-12H2,1H3. The predicted molar refractivity (Wildman–Crippen MR) is 76.7 cm³/mol. The Labute approximate surface area is 113 Å². The molecule has 1 N–H and O–H groups in total. The summed E-state index contributed by atoms with van der Waals surface area (Å²) < 4.78 is 0. The van der Waals surface area contributed by atoms with Gasteiger partial charge in [0, 0.05) is 25.2 Å². The van der Waals surface area contributed by atoms with Gasteiger partial charge in [-0.2, -0.15) is 0 Å². The number of piperidine rings is 1. The number of nitrogens with one attached hydrogen (secondary N) is 1. The molecule has 104 valence electrons. The van der Waals surface area contributed by atoms with Gasteiger partial charge in [0.1, 0.15) is 0 Å². The van der Waals surface area contributed by atoms with Crippen LogP contribution < -0.4 is 5.32 Å². The van der Waals surface area contributed by atoms with Crippen LogP contribution in [0.25, 0.3) is 0 Å². The largest absolute Gasteiger partial charge is 0.312 e. The maximum Gasteiger partial charge on any atom is 0.0198 e. The molecule has 0 aromatic carbocycles. The normalized spacial score (nSPS) is 35.8. The van der Waals surface area contributed by atoms with Gasteiger partial charge < -0.3 is 5.32 Å². The van der Waals surface area contributed by atoms with Gasteiger partial charge in [-0.25, -0.2) is 0 Å². The molecule has 1 heterocycles. The summed E-state index contributed by atoms with van der Waals surface area (Å²) in [5.41, 5.74) is 0. The van der Waals surface area contributed by atoms with E-state index in [1.807, 2.05) is 0 Å². The fraction of sp³-hybridized carbons (Fsp3) is 1.00. The monoisotopic (exact) mass is 250 g/mol. The van der Waals surface area contributed by atoms with Crippen LogP contribution in [0.4, 0.5) is 0 Å². The molecule has 0 aromatic heterocycles. The minimum Gasteiger partial charge on any atom is -0.312 e. The highest BCUT2D eigenvalue weighted by Crippen LogP contribution is 2.29. The Morgan fingerprint density at radius 2 is 1.78 bits per heavy atom. The third kappa shape index (κ3) is 3.48. The van der Waals surface area contributed by atoms with Gasteiger partial charge >= 0.3 is 0 Å². The molecule has 0 aromatic rings. The van der Waals surface area contributed by atoms with Crippen LogP contribution >= 0.6 is 0 Å². The fourth-order valence-corrected chi connectivity index (χ4v) is 3.94. The molecule has 2 unspecified atom stereocenters. The maximum absolute atomic E-state index is 3.84. The van der Waals surface area contributed by atoms with Crippen molar-refractivity contribution >= 4 is 0 Å². The van der Waals surface area contributed by atoms with Gasteiger partial charge in [-0.15, -0.1) is 0 Å². The Bertz CT molecular complexity index is 256. The van der Waals surface area contributed by atoms with E-state index in [9.17, 15) is 0 Å². The van der Waals surface area contributed by atoms with E-state index in [1.54, 1.807) is 0 Å². The second-order valence-electron chi connectivity index (χ2n) is 7.14. The van der Waals surface area contributed by atoms with E-state index >= 15 is 0 Å². The lowest BCUT2D eigenvalue weighted by Gasteiger charge is -2.42. The summed E-state index contributed by atoms with van der Waals surface area (Å²) in [6.07, 6.45) is 11.7. The van der Waals surface area contributed by atoms with Gasteiger partial charge in [0.2, 0.25) is 0 Å². The van der Waals surface area contributed by atoms with Crippen LogP contribution in [-0.4, -0.2) is 36.6 Å². The SMILES string of the molecule is CC1CC(NCC2CC2)CN(C2CCCCC2)C1. The lowest BCUT2D eigenvalue weighted by atomic mass is 9.89. The highest BCUT2D eigenvalue weighted by molar-refractivity contribution is 4.88. The molecule has 2 heteroatoms. The summed E-state index contributed by atoms with van der Waals surface area (Å²) in [7, 11) is 0. The van der Waals surface area contributed by atoms with E-state index in [0.717, 1.165) is 23.9 Å². The molecule has 3 fully saturated rings. The van der Waals surface area contributed by atoms with Crippen LogP contribution in [0.2, 0.25) is 0 Å². The van der Waals surface area contributed by atoms with Crippen molar-refractivity contribution in [1.29, 1.82) is 0 Å². The summed E-state index contributed by atoms with van der Waals surface area (Å²) in [6, 6.07) is 1.68. The van der Waals surface area contributed by atoms with E-state index in [0.29, 0.717) is 0 Å². The first-order chi connectivity index (χ1) is 8.81. The summed E-state index contributed by atoms with van der Waals surface area (Å²) in [4.78, 5) is 2.82. The molecular weight excluding hydrogens is 220 g/mol. The number of hydrogen-bond donors (Lipinski definition) is 1. The molecular formula is C16H30N2. The molecule has 1 saturated heterocycles. The van der Waals surface area contributed by atoms with Crippen molar-refractivity contribution in [3.05, 3.63) is 0 Å². The first-order valence-corrected chi connectivity index (χ1v) is 8.28. The van der Waals surface area contributed by atoms with Gasteiger partial charge in [-0.05, 0) is 50.5 Å². The Morgan fingerprint density at radius 3 is 2.50 bits per heavy atom. The maximum atomic E-state index is 3.84. The van der Waals surface area contributed by atoms with E-state index in [4.69, 9.17) is 0 Å². The summed E-state index contributed by atoms with van der Waals surface area (Å²) >= 11 is 0. The third-order valence-corrected chi connectivity index (χ3v) is 5.17. The van der Waals surface area contributed by atoms with Crippen molar-refractivity contribution in [2.45, 2.75) is 70.4 Å². The third-order valence-electron chi connectivity index (χ3n) is 5.17. The van der Waals surface area contributed by atoms with Crippen molar-refractivity contribution < 1.29 is 0 Å². The quantitative estimate of drug-likeness (QED) is 0.825. The Hall–Kier alpha value is -0.0800. The average Bonchev–Trinajstić information content (AvgIpc) is 3.21. The molecule has 18 heavy (non-hydrogen) atoms. The highest BCUT2D eigenvalue weighted by Gasteiger charge is 2.31. The lowest BCUT2D eigenvalue weighted by molar-refractivity contribution is 0.0827. The zero-order chi connectivity index (χ0) is 12.4. The van der Waals surface area contributed by atoms with Crippen molar-refractivity contribution in [2.75, 3.05) is 19.6 Å².